The highest BCUT2D eigenvalue weighted by atomic mass is 35.5. The number of hydrogen-bond acceptors (Lipinski definition) is 5. The van der Waals surface area contributed by atoms with Crippen molar-refractivity contribution in [2.24, 2.45) is 0 Å². The zero-order valence-electron chi connectivity index (χ0n) is 16.2. The largest absolute Gasteiger partial charge is 0.325 e. The highest BCUT2D eigenvalue weighted by molar-refractivity contribution is 7.89. The summed E-state index contributed by atoms with van der Waals surface area (Å²) in [5.74, 6) is -0.750. The summed E-state index contributed by atoms with van der Waals surface area (Å²) in [6.07, 6.45) is 1.44. The van der Waals surface area contributed by atoms with Crippen LogP contribution in [0.2, 0.25) is 5.02 Å². The molecule has 2 N–H and O–H groups in total. The summed E-state index contributed by atoms with van der Waals surface area (Å²) in [5.41, 5.74) is 0.949. The monoisotopic (exact) mass is 471 g/mol. The molecule has 0 saturated heterocycles. The lowest BCUT2D eigenvalue weighted by molar-refractivity contribution is -0.116. The third-order valence-corrected chi connectivity index (χ3v) is 7.32. The van der Waals surface area contributed by atoms with Gasteiger partial charge in [-0.2, -0.15) is 4.31 Å². The highest BCUT2D eigenvalue weighted by Gasteiger charge is 2.23. The Labute approximate surface area is 181 Å². The SMILES string of the molecule is C=CCNS(=O)(=O)Cc1ccc(NC(=O)CN(C)S(=O)(=O)c2ccc(Cl)cc2)cc1. The maximum atomic E-state index is 12.5. The van der Waals surface area contributed by atoms with Crippen molar-refractivity contribution < 1.29 is 21.6 Å². The fourth-order valence-corrected chi connectivity index (χ4v) is 4.77. The quantitative estimate of drug-likeness (QED) is 0.516. The van der Waals surface area contributed by atoms with Crippen LogP contribution >= 0.6 is 11.6 Å². The third kappa shape index (κ3) is 6.92. The standard InChI is InChI=1S/C19H22ClN3O5S2/c1-3-12-21-29(25,26)14-15-4-8-17(9-5-15)22-19(24)13-23(2)30(27,28)18-10-6-16(20)7-11-18/h3-11,21H,1,12-14H2,2H3,(H,22,24). The van der Waals surface area contributed by atoms with Gasteiger partial charge in [0, 0.05) is 24.3 Å². The van der Waals surface area contributed by atoms with E-state index in [2.05, 4.69) is 16.6 Å². The Kier molecular flexibility index (Phi) is 8.16. The smallest absolute Gasteiger partial charge is 0.243 e. The summed E-state index contributed by atoms with van der Waals surface area (Å²) in [6.45, 7) is 3.20. The number of amides is 1. The summed E-state index contributed by atoms with van der Waals surface area (Å²) in [5, 5.41) is 2.99. The summed E-state index contributed by atoms with van der Waals surface area (Å²) in [4.78, 5) is 12.3. The van der Waals surface area contributed by atoms with E-state index >= 15 is 0 Å². The molecule has 162 valence electrons. The number of halogens is 1. The number of nitrogens with one attached hydrogen (secondary N) is 2. The molecule has 0 saturated carbocycles. The minimum Gasteiger partial charge on any atom is -0.325 e. The Bertz CT molecular complexity index is 1100. The van der Waals surface area contributed by atoms with Gasteiger partial charge in [0.2, 0.25) is 26.0 Å². The van der Waals surface area contributed by atoms with Crippen LogP contribution in [0.25, 0.3) is 0 Å². The second kappa shape index (κ2) is 10.2. The summed E-state index contributed by atoms with van der Waals surface area (Å²) >= 11 is 5.77. The Hall–Kier alpha value is -2.24. The molecule has 0 aromatic heterocycles. The molecule has 30 heavy (non-hydrogen) atoms. The molecule has 0 atom stereocenters. The number of nitrogens with zero attached hydrogens (tertiary/aromatic N) is 1. The van der Waals surface area contributed by atoms with Crippen molar-refractivity contribution in [1.29, 1.82) is 0 Å². The number of carbonyl (C=O) groups excluding carboxylic acids is 1. The molecule has 0 aliphatic heterocycles. The maximum Gasteiger partial charge on any atom is 0.243 e. The molecule has 0 fully saturated rings. The van der Waals surface area contributed by atoms with Crippen molar-refractivity contribution in [1.82, 2.24) is 9.03 Å². The van der Waals surface area contributed by atoms with E-state index in [0.717, 1.165) is 4.31 Å². The number of hydrogen-bond donors (Lipinski definition) is 2. The molecule has 2 aromatic rings. The van der Waals surface area contributed by atoms with Gasteiger partial charge in [-0.3, -0.25) is 4.79 Å². The Morgan fingerprint density at radius 2 is 1.67 bits per heavy atom. The fraction of sp³-hybridized carbons (Fsp3) is 0.211. The van der Waals surface area contributed by atoms with Gasteiger partial charge in [0.25, 0.3) is 0 Å². The lowest BCUT2D eigenvalue weighted by Gasteiger charge is -2.17. The van der Waals surface area contributed by atoms with E-state index in [1.807, 2.05) is 0 Å². The van der Waals surface area contributed by atoms with Gasteiger partial charge in [0.05, 0.1) is 17.2 Å². The Morgan fingerprint density at radius 1 is 1.07 bits per heavy atom. The van der Waals surface area contributed by atoms with Crippen LogP contribution in [0.3, 0.4) is 0 Å². The van der Waals surface area contributed by atoms with Gasteiger partial charge in [-0.15, -0.1) is 6.58 Å². The molecule has 1 amide bonds. The molecule has 0 unspecified atom stereocenters. The molecule has 8 nitrogen and oxygen atoms in total. The van der Waals surface area contributed by atoms with Crippen LogP contribution < -0.4 is 10.0 Å². The van der Waals surface area contributed by atoms with Gasteiger partial charge in [-0.25, -0.2) is 21.6 Å². The lowest BCUT2D eigenvalue weighted by Crippen LogP contribution is -2.34. The Morgan fingerprint density at radius 3 is 2.23 bits per heavy atom. The molecule has 0 heterocycles. The van der Waals surface area contributed by atoms with Crippen LogP contribution in [-0.4, -0.2) is 47.2 Å². The van der Waals surface area contributed by atoms with Gasteiger partial charge in [-0.05, 0) is 42.0 Å². The predicted octanol–water partition coefficient (Wildman–Crippen LogP) is 2.20. The number of benzene rings is 2. The van der Waals surface area contributed by atoms with E-state index in [9.17, 15) is 21.6 Å². The van der Waals surface area contributed by atoms with Gasteiger partial charge in [-0.1, -0.05) is 29.8 Å². The molecular formula is C19H22ClN3O5S2. The average molecular weight is 472 g/mol. The van der Waals surface area contributed by atoms with Crippen LogP contribution in [0, 0.1) is 0 Å². The molecule has 0 radical (unpaired) electrons. The molecule has 0 spiro atoms. The van der Waals surface area contributed by atoms with Crippen LogP contribution in [0.5, 0.6) is 0 Å². The van der Waals surface area contributed by atoms with Gasteiger partial charge < -0.3 is 5.32 Å². The van der Waals surface area contributed by atoms with Crippen LogP contribution in [0.1, 0.15) is 5.56 Å². The van der Waals surface area contributed by atoms with Crippen molar-refractivity contribution in [3.8, 4) is 0 Å². The maximum absolute atomic E-state index is 12.5. The van der Waals surface area contributed by atoms with Crippen molar-refractivity contribution in [3.05, 3.63) is 71.8 Å². The van der Waals surface area contributed by atoms with E-state index in [1.54, 1.807) is 24.3 Å². The van der Waals surface area contributed by atoms with Crippen LogP contribution in [0.15, 0.2) is 66.1 Å². The second-order valence-corrected chi connectivity index (χ2v) is 10.6. The first kappa shape index (κ1) is 24.0. The minimum absolute atomic E-state index is 0.0258. The van der Waals surface area contributed by atoms with Crippen molar-refractivity contribution in [2.45, 2.75) is 10.6 Å². The zero-order valence-corrected chi connectivity index (χ0v) is 18.6. The van der Waals surface area contributed by atoms with Crippen molar-refractivity contribution in [3.63, 3.8) is 0 Å². The first-order valence-corrected chi connectivity index (χ1v) is 12.2. The third-order valence-electron chi connectivity index (χ3n) is 3.93. The number of anilines is 1. The van der Waals surface area contributed by atoms with Crippen LogP contribution in [-0.2, 0) is 30.6 Å². The number of carbonyl (C=O) groups is 1. The molecular weight excluding hydrogens is 450 g/mol. The van der Waals surface area contributed by atoms with E-state index in [0.29, 0.717) is 16.3 Å². The van der Waals surface area contributed by atoms with Gasteiger partial charge in [0.1, 0.15) is 0 Å². The van der Waals surface area contributed by atoms with E-state index < -0.39 is 32.5 Å². The fourth-order valence-electron chi connectivity index (χ4n) is 2.41. The van der Waals surface area contributed by atoms with Crippen LogP contribution in [0.4, 0.5) is 5.69 Å². The molecule has 0 aliphatic carbocycles. The second-order valence-electron chi connectivity index (χ2n) is 6.36. The van der Waals surface area contributed by atoms with E-state index in [1.165, 1.54) is 37.4 Å². The van der Waals surface area contributed by atoms with E-state index in [4.69, 9.17) is 11.6 Å². The summed E-state index contributed by atoms with van der Waals surface area (Å²) in [7, 11) is -6.03. The minimum atomic E-state index is -3.84. The molecule has 2 aromatic carbocycles. The predicted molar refractivity (Wildman–Crippen MR) is 117 cm³/mol. The molecule has 11 heteroatoms. The molecule has 0 bridgehead atoms. The van der Waals surface area contributed by atoms with Crippen molar-refractivity contribution in [2.75, 3.05) is 25.5 Å². The summed E-state index contributed by atoms with van der Waals surface area (Å²) < 4.78 is 52.1. The van der Waals surface area contributed by atoms with Crippen molar-refractivity contribution >= 4 is 43.2 Å². The summed E-state index contributed by atoms with van der Waals surface area (Å²) in [6, 6.07) is 11.9. The van der Waals surface area contributed by atoms with E-state index in [-0.39, 0.29) is 17.2 Å². The number of rotatable bonds is 10. The first-order valence-electron chi connectivity index (χ1n) is 8.72. The lowest BCUT2D eigenvalue weighted by atomic mass is 10.2. The average Bonchev–Trinajstić information content (AvgIpc) is 2.68. The van der Waals surface area contributed by atoms with Gasteiger partial charge >= 0.3 is 0 Å². The topological polar surface area (TPSA) is 113 Å². The number of likely N-dealkylation sites (N-methyl/N-ethyl adjacent to an activating group) is 1. The Balaban J connectivity index is 1.97. The zero-order chi connectivity index (χ0) is 22.4. The first-order chi connectivity index (χ1) is 14.0. The normalized spacial score (nSPS) is 12.0. The molecule has 2 rings (SSSR count). The highest BCUT2D eigenvalue weighted by Crippen LogP contribution is 2.18. The van der Waals surface area contributed by atoms with Gasteiger partial charge in [0.15, 0.2) is 0 Å². The molecule has 0 aliphatic rings. The number of sulfonamides is 2.